The van der Waals surface area contributed by atoms with Gasteiger partial charge in [0.25, 0.3) is 0 Å². The van der Waals surface area contributed by atoms with Crippen LogP contribution in [0.15, 0.2) is 0 Å². The van der Waals surface area contributed by atoms with Crippen molar-refractivity contribution in [3.63, 3.8) is 0 Å². The summed E-state index contributed by atoms with van der Waals surface area (Å²) in [5.74, 6) is 5.90. The van der Waals surface area contributed by atoms with Gasteiger partial charge in [-0.15, -0.1) is 5.92 Å². The maximum Gasteiger partial charge on any atom is 0.547 e. The minimum absolute atomic E-state index is 0.333. The molecule has 0 saturated carbocycles. The normalized spacial score (nSPS) is 11.1. The SMILES string of the molecule is CCCC#CB(O)OC(C)(C)C(C)C. The van der Waals surface area contributed by atoms with Crippen LogP contribution in [0.1, 0.15) is 47.5 Å². The van der Waals surface area contributed by atoms with Gasteiger partial charge in [-0.3, -0.25) is 0 Å². The van der Waals surface area contributed by atoms with Gasteiger partial charge >= 0.3 is 7.12 Å². The molecular formula is C11H21BO2. The van der Waals surface area contributed by atoms with Crippen LogP contribution in [0.4, 0.5) is 0 Å². The third-order valence-corrected chi connectivity index (χ3v) is 2.41. The summed E-state index contributed by atoms with van der Waals surface area (Å²) in [5.41, 5.74) is -0.333. The summed E-state index contributed by atoms with van der Waals surface area (Å²) in [5, 5.41) is 9.46. The Morgan fingerprint density at radius 1 is 1.43 bits per heavy atom. The van der Waals surface area contributed by atoms with E-state index in [1.807, 2.05) is 13.8 Å². The summed E-state index contributed by atoms with van der Waals surface area (Å²) in [6, 6.07) is 0. The van der Waals surface area contributed by atoms with Crippen LogP contribution in [0, 0.1) is 17.7 Å². The number of unbranched alkanes of at least 4 members (excludes halogenated alkanes) is 1. The van der Waals surface area contributed by atoms with Crippen LogP contribution in [0.25, 0.3) is 0 Å². The van der Waals surface area contributed by atoms with Crippen molar-refractivity contribution in [1.82, 2.24) is 0 Å². The van der Waals surface area contributed by atoms with Crippen molar-refractivity contribution < 1.29 is 9.68 Å². The van der Waals surface area contributed by atoms with Crippen molar-refractivity contribution in [3.05, 3.63) is 0 Å². The van der Waals surface area contributed by atoms with E-state index in [4.69, 9.17) is 4.65 Å². The minimum Gasteiger partial charge on any atom is -0.416 e. The molecule has 0 spiro atoms. The van der Waals surface area contributed by atoms with E-state index >= 15 is 0 Å². The van der Waals surface area contributed by atoms with Gasteiger partial charge in [-0.2, -0.15) is 0 Å². The van der Waals surface area contributed by atoms with E-state index in [9.17, 15) is 5.02 Å². The molecule has 0 aliphatic heterocycles. The lowest BCUT2D eigenvalue weighted by atomic mass is 9.86. The van der Waals surface area contributed by atoms with Crippen LogP contribution in [-0.2, 0) is 4.65 Å². The van der Waals surface area contributed by atoms with Gasteiger partial charge in [0.2, 0.25) is 0 Å². The molecule has 0 bridgehead atoms. The van der Waals surface area contributed by atoms with Crippen LogP contribution in [0.5, 0.6) is 0 Å². The Bertz CT molecular complexity index is 213. The largest absolute Gasteiger partial charge is 0.547 e. The highest BCUT2D eigenvalue weighted by Gasteiger charge is 2.27. The third kappa shape index (κ3) is 5.31. The first kappa shape index (κ1) is 13.5. The van der Waals surface area contributed by atoms with Gasteiger partial charge in [-0.05, 0) is 26.2 Å². The molecule has 0 saturated heterocycles. The predicted octanol–water partition coefficient (Wildman–Crippen LogP) is 2.26. The van der Waals surface area contributed by atoms with E-state index < -0.39 is 7.12 Å². The minimum atomic E-state index is -0.959. The van der Waals surface area contributed by atoms with E-state index in [1.165, 1.54) is 0 Å². The first-order valence-electron chi connectivity index (χ1n) is 5.24. The van der Waals surface area contributed by atoms with Gasteiger partial charge in [-0.25, -0.2) is 0 Å². The molecule has 0 aliphatic carbocycles. The van der Waals surface area contributed by atoms with Crippen molar-refractivity contribution in [2.24, 2.45) is 5.92 Å². The summed E-state index contributed by atoms with van der Waals surface area (Å²) < 4.78 is 5.43. The maximum atomic E-state index is 9.46. The van der Waals surface area contributed by atoms with Crippen molar-refractivity contribution in [2.45, 2.75) is 53.1 Å². The molecule has 0 radical (unpaired) electrons. The first-order chi connectivity index (χ1) is 6.40. The molecule has 0 amide bonds. The van der Waals surface area contributed by atoms with Gasteiger partial charge in [0.1, 0.15) is 0 Å². The molecule has 80 valence electrons. The summed E-state index contributed by atoms with van der Waals surface area (Å²) in [6.45, 7) is 10.1. The van der Waals surface area contributed by atoms with Crippen molar-refractivity contribution >= 4 is 7.12 Å². The lowest BCUT2D eigenvalue weighted by Crippen LogP contribution is -2.37. The maximum absolute atomic E-state index is 9.46. The Kier molecular flexibility index (Phi) is 5.91. The van der Waals surface area contributed by atoms with Crippen molar-refractivity contribution in [3.8, 4) is 11.7 Å². The van der Waals surface area contributed by atoms with Crippen LogP contribution < -0.4 is 0 Å². The fraction of sp³-hybridized carbons (Fsp3) is 0.818. The molecule has 0 aromatic carbocycles. The molecule has 1 N–H and O–H groups in total. The molecule has 0 aromatic heterocycles. The first-order valence-corrected chi connectivity index (χ1v) is 5.24. The number of hydrogen-bond acceptors (Lipinski definition) is 2. The van der Waals surface area contributed by atoms with Gasteiger partial charge in [0, 0.05) is 6.42 Å². The van der Waals surface area contributed by atoms with Gasteiger partial charge in [-0.1, -0.05) is 26.6 Å². The third-order valence-electron chi connectivity index (χ3n) is 2.41. The second kappa shape index (κ2) is 6.11. The molecule has 0 heterocycles. The smallest absolute Gasteiger partial charge is 0.416 e. The number of rotatable bonds is 4. The van der Waals surface area contributed by atoms with E-state index in [0.717, 1.165) is 12.8 Å². The van der Waals surface area contributed by atoms with Gasteiger partial charge in [0.05, 0.1) is 5.60 Å². The van der Waals surface area contributed by atoms with E-state index in [0.29, 0.717) is 5.92 Å². The Hall–Kier alpha value is -0.455. The summed E-state index contributed by atoms with van der Waals surface area (Å²) in [4.78, 5) is 0. The Morgan fingerprint density at radius 2 is 2.00 bits per heavy atom. The molecule has 0 unspecified atom stereocenters. The second-order valence-corrected chi connectivity index (χ2v) is 4.30. The number of hydrogen-bond donors (Lipinski definition) is 1. The highest BCUT2D eigenvalue weighted by atomic mass is 16.5. The van der Waals surface area contributed by atoms with Crippen molar-refractivity contribution in [2.75, 3.05) is 0 Å². The molecule has 0 rings (SSSR count). The molecule has 3 heteroatoms. The summed E-state index contributed by atoms with van der Waals surface area (Å²) in [7, 11) is -0.959. The average molecular weight is 196 g/mol. The van der Waals surface area contributed by atoms with E-state index in [1.54, 1.807) is 0 Å². The van der Waals surface area contributed by atoms with Crippen LogP contribution >= 0.6 is 0 Å². The fourth-order valence-corrected chi connectivity index (χ4v) is 0.738. The highest BCUT2D eigenvalue weighted by Crippen LogP contribution is 2.20. The molecule has 0 fully saturated rings. The molecule has 0 aliphatic rings. The van der Waals surface area contributed by atoms with E-state index in [2.05, 4.69) is 32.5 Å². The highest BCUT2D eigenvalue weighted by molar-refractivity contribution is 6.53. The molecule has 0 aromatic rings. The lowest BCUT2D eigenvalue weighted by molar-refractivity contribution is 0.0427. The van der Waals surface area contributed by atoms with E-state index in [-0.39, 0.29) is 5.60 Å². The van der Waals surface area contributed by atoms with Crippen LogP contribution in [0.2, 0.25) is 0 Å². The Morgan fingerprint density at radius 3 is 2.43 bits per heavy atom. The van der Waals surface area contributed by atoms with Gasteiger partial charge < -0.3 is 9.68 Å². The average Bonchev–Trinajstić information content (AvgIpc) is 2.03. The van der Waals surface area contributed by atoms with Gasteiger partial charge in [0.15, 0.2) is 0 Å². The standard InChI is InChI=1S/C11H21BO2/c1-6-7-8-9-12(13)14-11(4,5)10(2)3/h10,13H,6-7H2,1-5H3. The lowest BCUT2D eigenvalue weighted by Gasteiger charge is -2.30. The van der Waals surface area contributed by atoms with Crippen LogP contribution in [0.3, 0.4) is 0 Å². The second-order valence-electron chi connectivity index (χ2n) is 4.30. The molecule has 0 atom stereocenters. The zero-order chi connectivity index (χ0) is 11.2. The van der Waals surface area contributed by atoms with Crippen LogP contribution in [-0.4, -0.2) is 17.7 Å². The summed E-state index contributed by atoms with van der Waals surface area (Å²) >= 11 is 0. The molecule has 2 nitrogen and oxygen atoms in total. The monoisotopic (exact) mass is 196 g/mol. The zero-order valence-electron chi connectivity index (χ0n) is 9.92. The predicted molar refractivity (Wildman–Crippen MR) is 60.7 cm³/mol. The topological polar surface area (TPSA) is 29.5 Å². The molecular weight excluding hydrogens is 175 g/mol. The fourth-order valence-electron chi connectivity index (χ4n) is 0.738. The Labute approximate surface area is 88.2 Å². The van der Waals surface area contributed by atoms with Crippen molar-refractivity contribution in [1.29, 1.82) is 0 Å². The Balaban J connectivity index is 4.07. The summed E-state index contributed by atoms with van der Waals surface area (Å²) in [6.07, 6.45) is 1.82. The molecule has 14 heavy (non-hydrogen) atoms. The zero-order valence-corrected chi connectivity index (χ0v) is 9.92. The quantitative estimate of drug-likeness (QED) is 0.552.